The number of benzene rings is 1. The van der Waals surface area contributed by atoms with E-state index < -0.39 is 5.82 Å². The SMILES string of the molecule is CC(CO)SCc1cc(F)cc(/C(N)=N/O)c1. The second-order valence-electron chi connectivity index (χ2n) is 3.64. The summed E-state index contributed by atoms with van der Waals surface area (Å²) in [6.07, 6.45) is 0. The molecule has 0 bridgehead atoms. The van der Waals surface area contributed by atoms with Gasteiger partial charge in [-0.25, -0.2) is 4.39 Å². The molecule has 1 rings (SSSR count). The van der Waals surface area contributed by atoms with Gasteiger partial charge in [0, 0.05) is 16.6 Å². The zero-order valence-electron chi connectivity index (χ0n) is 9.43. The smallest absolute Gasteiger partial charge is 0.170 e. The number of oxime groups is 1. The summed E-state index contributed by atoms with van der Waals surface area (Å²) in [6.45, 7) is 1.96. The predicted octanol–water partition coefficient (Wildman–Crippen LogP) is 1.53. The Hall–Kier alpha value is -1.27. The van der Waals surface area contributed by atoms with Gasteiger partial charge >= 0.3 is 0 Å². The van der Waals surface area contributed by atoms with E-state index in [2.05, 4.69) is 5.16 Å². The van der Waals surface area contributed by atoms with Crippen LogP contribution in [-0.2, 0) is 5.75 Å². The molecule has 0 amide bonds. The van der Waals surface area contributed by atoms with Gasteiger partial charge in [0.1, 0.15) is 5.82 Å². The first-order valence-corrected chi connectivity index (χ1v) is 6.11. The van der Waals surface area contributed by atoms with E-state index >= 15 is 0 Å². The van der Waals surface area contributed by atoms with Gasteiger partial charge in [0.05, 0.1) is 6.61 Å². The summed E-state index contributed by atoms with van der Waals surface area (Å²) in [5.74, 6) is 0.0119. The highest BCUT2D eigenvalue weighted by Gasteiger charge is 2.07. The van der Waals surface area contributed by atoms with Crippen molar-refractivity contribution in [2.45, 2.75) is 17.9 Å². The van der Waals surface area contributed by atoms with Crippen LogP contribution in [0.3, 0.4) is 0 Å². The maximum Gasteiger partial charge on any atom is 0.170 e. The van der Waals surface area contributed by atoms with Crippen LogP contribution in [0.25, 0.3) is 0 Å². The van der Waals surface area contributed by atoms with Gasteiger partial charge < -0.3 is 16.0 Å². The lowest BCUT2D eigenvalue weighted by atomic mass is 10.1. The molecule has 4 N–H and O–H groups in total. The Balaban J connectivity index is 2.83. The summed E-state index contributed by atoms with van der Waals surface area (Å²) >= 11 is 1.51. The van der Waals surface area contributed by atoms with Crippen molar-refractivity contribution in [3.05, 3.63) is 35.1 Å². The molecule has 0 spiro atoms. The fourth-order valence-corrected chi connectivity index (χ4v) is 1.98. The molecule has 6 heteroatoms. The molecule has 1 aromatic rings. The summed E-state index contributed by atoms with van der Waals surface area (Å²) in [5.41, 5.74) is 6.48. The first-order valence-electron chi connectivity index (χ1n) is 5.06. The van der Waals surface area contributed by atoms with E-state index in [1.165, 1.54) is 23.9 Å². The molecule has 4 nitrogen and oxygen atoms in total. The van der Waals surface area contributed by atoms with E-state index in [4.69, 9.17) is 16.0 Å². The third kappa shape index (κ3) is 4.24. The van der Waals surface area contributed by atoms with Crippen LogP contribution in [0.5, 0.6) is 0 Å². The second-order valence-corrected chi connectivity index (χ2v) is 5.06. The van der Waals surface area contributed by atoms with Crippen LogP contribution in [0, 0.1) is 5.82 Å². The number of nitrogens with zero attached hydrogens (tertiary/aromatic N) is 1. The van der Waals surface area contributed by atoms with Crippen LogP contribution in [0.4, 0.5) is 4.39 Å². The van der Waals surface area contributed by atoms with Crippen LogP contribution in [0.2, 0.25) is 0 Å². The number of aliphatic hydroxyl groups excluding tert-OH is 1. The topological polar surface area (TPSA) is 78.8 Å². The van der Waals surface area contributed by atoms with E-state index in [0.717, 1.165) is 5.56 Å². The number of amidine groups is 1. The minimum atomic E-state index is -0.429. The van der Waals surface area contributed by atoms with E-state index in [-0.39, 0.29) is 17.7 Å². The fourth-order valence-electron chi connectivity index (χ4n) is 1.23. The van der Waals surface area contributed by atoms with Gasteiger partial charge in [-0.15, -0.1) is 0 Å². The molecule has 94 valence electrons. The lowest BCUT2D eigenvalue weighted by Crippen LogP contribution is -2.13. The van der Waals surface area contributed by atoms with Crippen molar-refractivity contribution >= 4 is 17.6 Å². The maximum atomic E-state index is 13.3. The standard InChI is InChI=1S/C11H15FN2O2S/c1-7(5-15)17-6-8-2-9(11(13)14-16)4-10(12)3-8/h2-4,7,15-16H,5-6H2,1H3,(H2,13,14). The number of hydrogen-bond acceptors (Lipinski definition) is 4. The summed E-state index contributed by atoms with van der Waals surface area (Å²) in [5, 5.41) is 20.3. The molecule has 0 heterocycles. The minimum Gasteiger partial charge on any atom is -0.409 e. The molecule has 0 aliphatic rings. The predicted molar refractivity (Wildman–Crippen MR) is 66.8 cm³/mol. The van der Waals surface area contributed by atoms with Gasteiger partial charge in [-0.2, -0.15) is 11.8 Å². The minimum absolute atomic E-state index is 0.0765. The Labute approximate surface area is 103 Å². The molecular formula is C11H15FN2O2S. The van der Waals surface area contributed by atoms with Gasteiger partial charge in [-0.3, -0.25) is 0 Å². The number of thioether (sulfide) groups is 1. The second kappa shape index (κ2) is 6.46. The first-order chi connectivity index (χ1) is 8.06. The van der Waals surface area contributed by atoms with E-state index in [1.54, 1.807) is 6.07 Å². The van der Waals surface area contributed by atoms with Gasteiger partial charge in [-0.1, -0.05) is 12.1 Å². The highest BCUT2D eigenvalue weighted by atomic mass is 32.2. The normalized spacial score (nSPS) is 13.7. The van der Waals surface area contributed by atoms with Gasteiger partial charge in [-0.05, 0) is 23.8 Å². The lowest BCUT2D eigenvalue weighted by Gasteiger charge is -2.08. The third-order valence-corrected chi connectivity index (χ3v) is 3.37. The zero-order valence-corrected chi connectivity index (χ0v) is 10.2. The molecule has 0 aliphatic carbocycles. The van der Waals surface area contributed by atoms with E-state index in [9.17, 15) is 4.39 Å². The molecule has 17 heavy (non-hydrogen) atoms. The highest BCUT2D eigenvalue weighted by Crippen LogP contribution is 2.19. The van der Waals surface area contributed by atoms with Gasteiger partial charge in [0.2, 0.25) is 0 Å². The quantitative estimate of drug-likeness (QED) is 0.324. The van der Waals surface area contributed by atoms with Crippen molar-refractivity contribution in [1.82, 2.24) is 0 Å². The largest absolute Gasteiger partial charge is 0.409 e. The Morgan fingerprint density at radius 1 is 1.53 bits per heavy atom. The van der Waals surface area contributed by atoms with E-state index in [0.29, 0.717) is 11.3 Å². The zero-order chi connectivity index (χ0) is 12.8. The van der Waals surface area contributed by atoms with Crippen molar-refractivity contribution in [2.24, 2.45) is 10.9 Å². The van der Waals surface area contributed by atoms with E-state index in [1.807, 2.05) is 6.92 Å². The summed E-state index contributed by atoms with van der Waals surface area (Å²) in [4.78, 5) is 0. The molecule has 0 saturated heterocycles. The molecule has 0 fully saturated rings. The molecule has 0 aromatic heterocycles. The van der Waals surface area contributed by atoms with Crippen molar-refractivity contribution in [1.29, 1.82) is 0 Å². The third-order valence-electron chi connectivity index (χ3n) is 2.15. The van der Waals surface area contributed by atoms with Crippen molar-refractivity contribution in [3.63, 3.8) is 0 Å². The van der Waals surface area contributed by atoms with Crippen LogP contribution in [-0.4, -0.2) is 28.0 Å². The molecule has 0 saturated carbocycles. The van der Waals surface area contributed by atoms with Crippen LogP contribution in [0.1, 0.15) is 18.1 Å². The Bertz CT molecular complexity index is 412. The lowest BCUT2D eigenvalue weighted by molar-refractivity contribution is 0.300. The van der Waals surface area contributed by atoms with Crippen molar-refractivity contribution in [2.75, 3.05) is 6.61 Å². The Morgan fingerprint density at radius 2 is 2.24 bits per heavy atom. The summed E-state index contributed by atoms with van der Waals surface area (Å²) in [7, 11) is 0. The van der Waals surface area contributed by atoms with Gasteiger partial charge in [0.15, 0.2) is 5.84 Å². The number of nitrogens with two attached hydrogens (primary N) is 1. The Kier molecular flexibility index (Phi) is 5.24. The average molecular weight is 258 g/mol. The number of aliphatic hydroxyl groups is 1. The number of rotatable bonds is 5. The molecule has 1 aromatic carbocycles. The van der Waals surface area contributed by atoms with Crippen LogP contribution in [0.15, 0.2) is 23.4 Å². The average Bonchev–Trinajstić information content (AvgIpc) is 2.34. The molecule has 0 aliphatic heterocycles. The first kappa shape index (κ1) is 13.8. The summed E-state index contributed by atoms with van der Waals surface area (Å²) in [6, 6.07) is 4.26. The molecular weight excluding hydrogens is 243 g/mol. The van der Waals surface area contributed by atoms with Crippen molar-refractivity contribution in [3.8, 4) is 0 Å². The molecule has 1 unspecified atom stereocenters. The monoisotopic (exact) mass is 258 g/mol. The number of halogens is 1. The van der Waals surface area contributed by atoms with Crippen molar-refractivity contribution < 1.29 is 14.7 Å². The van der Waals surface area contributed by atoms with Gasteiger partial charge in [0.25, 0.3) is 0 Å². The Morgan fingerprint density at radius 3 is 2.82 bits per heavy atom. The fraction of sp³-hybridized carbons (Fsp3) is 0.364. The molecule has 1 atom stereocenters. The maximum absolute atomic E-state index is 13.3. The van der Waals surface area contributed by atoms with Crippen LogP contribution >= 0.6 is 11.8 Å². The highest BCUT2D eigenvalue weighted by molar-refractivity contribution is 7.99. The summed E-state index contributed by atoms with van der Waals surface area (Å²) < 4.78 is 13.3. The number of hydrogen-bond donors (Lipinski definition) is 3. The molecule has 0 radical (unpaired) electrons. The van der Waals surface area contributed by atoms with Crippen LogP contribution < -0.4 is 5.73 Å².